The fourth-order valence-corrected chi connectivity index (χ4v) is 3.58. The molecular weight excluding hydrogens is 216 g/mol. The summed E-state index contributed by atoms with van der Waals surface area (Å²) in [6, 6.07) is 0. The monoisotopic (exact) mass is 240 g/mol. The molecule has 3 atom stereocenters. The van der Waals surface area contributed by atoms with E-state index in [0.717, 1.165) is 42.4 Å². The molecule has 0 amide bonds. The van der Waals surface area contributed by atoms with Gasteiger partial charge in [0.05, 0.1) is 0 Å². The van der Waals surface area contributed by atoms with Crippen molar-refractivity contribution in [2.75, 3.05) is 20.1 Å². The van der Waals surface area contributed by atoms with Crippen molar-refractivity contribution in [1.29, 1.82) is 0 Å². The van der Waals surface area contributed by atoms with E-state index in [1.165, 1.54) is 25.7 Å². The molecule has 2 fully saturated rings. The Kier molecular flexibility index (Phi) is 4.06. The first-order chi connectivity index (χ1) is 7.70. The van der Waals surface area contributed by atoms with Crippen LogP contribution in [0.4, 0.5) is 0 Å². The van der Waals surface area contributed by atoms with Gasteiger partial charge in [0.15, 0.2) is 5.11 Å². The average Bonchev–Trinajstić information content (AvgIpc) is 2.87. The highest BCUT2D eigenvalue weighted by molar-refractivity contribution is 7.80. The van der Waals surface area contributed by atoms with Crippen LogP contribution in [0.3, 0.4) is 0 Å². The Morgan fingerprint density at radius 1 is 1.38 bits per heavy atom. The second-order valence-electron chi connectivity index (χ2n) is 5.55. The van der Waals surface area contributed by atoms with Gasteiger partial charge in [-0.3, -0.25) is 0 Å². The smallest absolute Gasteiger partial charge is 0.168 e. The predicted molar refractivity (Wildman–Crippen MR) is 72.5 cm³/mol. The Labute approximate surface area is 105 Å². The highest BCUT2D eigenvalue weighted by Gasteiger charge is 2.39. The number of nitrogens with zero attached hydrogens (tertiary/aromatic N) is 1. The molecule has 2 aliphatic rings. The Balaban J connectivity index is 1.74. The van der Waals surface area contributed by atoms with E-state index in [1.807, 2.05) is 0 Å². The number of fused-ring (bicyclic) bond motifs is 2. The summed E-state index contributed by atoms with van der Waals surface area (Å²) in [6.07, 6.45) is 7.04. The minimum absolute atomic E-state index is 0.908. The third kappa shape index (κ3) is 2.68. The van der Waals surface area contributed by atoms with E-state index in [9.17, 15) is 0 Å². The standard InChI is InChI=1S/C13H24N2S/c1-3-6-14-13(16)15(2)9-12-8-10-4-5-11(12)7-10/h10-12H,3-9H2,1-2H3,(H,14,16). The van der Waals surface area contributed by atoms with E-state index >= 15 is 0 Å². The first-order valence-electron chi connectivity index (χ1n) is 6.69. The topological polar surface area (TPSA) is 15.3 Å². The molecular formula is C13H24N2S. The van der Waals surface area contributed by atoms with Gasteiger partial charge in [-0.1, -0.05) is 13.3 Å². The van der Waals surface area contributed by atoms with Crippen LogP contribution in [0.1, 0.15) is 39.0 Å². The number of hydrogen-bond donors (Lipinski definition) is 1. The van der Waals surface area contributed by atoms with Gasteiger partial charge in [0, 0.05) is 20.1 Å². The average molecular weight is 240 g/mol. The Bertz CT molecular complexity index is 254. The van der Waals surface area contributed by atoms with Crippen molar-refractivity contribution < 1.29 is 0 Å². The lowest BCUT2D eigenvalue weighted by Gasteiger charge is -2.29. The lowest BCUT2D eigenvalue weighted by Crippen LogP contribution is -2.40. The van der Waals surface area contributed by atoms with Crippen LogP contribution in [0.15, 0.2) is 0 Å². The van der Waals surface area contributed by atoms with E-state index in [0.29, 0.717) is 0 Å². The van der Waals surface area contributed by atoms with Crippen LogP contribution in [-0.2, 0) is 0 Å². The number of hydrogen-bond acceptors (Lipinski definition) is 1. The van der Waals surface area contributed by atoms with E-state index in [1.54, 1.807) is 0 Å². The van der Waals surface area contributed by atoms with Crippen LogP contribution < -0.4 is 5.32 Å². The first kappa shape index (κ1) is 12.2. The fraction of sp³-hybridized carbons (Fsp3) is 0.923. The summed E-state index contributed by atoms with van der Waals surface area (Å²) in [7, 11) is 2.14. The normalized spacial score (nSPS) is 31.8. The van der Waals surface area contributed by atoms with Crippen molar-refractivity contribution in [2.24, 2.45) is 17.8 Å². The molecule has 0 aromatic heterocycles. The van der Waals surface area contributed by atoms with E-state index in [-0.39, 0.29) is 0 Å². The van der Waals surface area contributed by atoms with Crippen LogP contribution in [0.5, 0.6) is 0 Å². The van der Waals surface area contributed by atoms with Gasteiger partial charge in [-0.25, -0.2) is 0 Å². The van der Waals surface area contributed by atoms with E-state index in [4.69, 9.17) is 12.2 Å². The minimum Gasteiger partial charge on any atom is -0.363 e. The summed E-state index contributed by atoms with van der Waals surface area (Å²) >= 11 is 5.38. The summed E-state index contributed by atoms with van der Waals surface area (Å²) in [5.41, 5.74) is 0. The van der Waals surface area contributed by atoms with Crippen LogP contribution in [0.25, 0.3) is 0 Å². The molecule has 2 rings (SSSR count). The SMILES string of the molecule is CCCNC(=S)N(C)CC1CC2CCC1C2. The quantitative estimate of drug-likeness (QED) is 0.761. The third-order valence-corrected chi connectivity index (χ3v) is 4.72. The lowest BCUT2D eigenvalue weighted by atomic mass is 9.88. The molecule has 2 nitrogen and oxygen atoms in total. The van der Waals surface area contributed by atoms with Crippen molar-refractivity contribution in [3.05, 3.63) is 0 Å². The fourth-order valence-electron chi connectivity index (χ4n) is 3.40. The van der Waals surface area contributed by atoms with Crippen LogP contribution >= 0.6 is 12.2 Å². The molecule has 16 heavy (non-hydrogen) atoms. The molecule has 3 heteroatoms. The Morgan fingerprint density at radius 3 is 2.75 bits per heavy atom. The zero-order valence-corrected chi connectivity index (χ0v) is 11.4. The van der Waals surface area contributed by atoms with Gasteiger partial charge in [-0.05, 0) is 55.7 Å². The molecule has 0 aromatic rings. The Morgan fingerprint density at radius 2 is 2.19 bits per heavy atom. The van der Waals surface area contributed by atoms with Crippen molar-refractivity contribution in [3.8, 4) is 0 Å². The number of thiocarbonyl (C=S) groups is 1. The summed E-state index contributed by atoms with van der Waals surface area (Å²) in [5.74, 6) is 2.95. The minimum atomic E-state index is 0.908. The molecule has 3 unspecified atom stereocenters. The summed E-state index contributed by atoms with van der Waals surface area (Å²) in [4.78, 5) is 2.25. The summed E-state index contributed by atoms with van der Waals surface area (Å²) < 4.78 is 0. The third-order valence-electron chi connectivity index (χ3n) is 4.27. The van der Waals surface area contributed by atoms with Gasteiger partial charge >= 0.3 is 0 Å². The number of rotatable bonds is 4. The molecule has 1 N–H and O–H groups in total. The van der Waals surface area contributed by atoms with Gasteiger partial charge < -0.3 is 10.2 Å². The number of nitrogens with one attached hydrogen (secondary N) is 1. The van der Waals surface area contributed by atoms with E-state index < -0.39 is 0 Å². The second-order valence-corrected chi connectivity index (χ2v) is 5.93. The summed E-state index contributed by atoms with van der Waals surface area (Å²) in [6.45, 7) is 4.34. The van der Waals surface area contributed by atoms with Crippen molar-refractivity contribution >= 4 is 17.3 Å². The molecule has 0 aromatic carbocycles. The van der Waals surface area contributed by atoms with Crippen LogP contribution in [0.2, 0.25) is 0 Å². The maximum atomic E-state index is 5.38. The Hall–Kier alpha value is -0.310. The molecule has 2 bridgehead atoms. The molecule has 0 saturated heterocycles. The lowest BCUT2D eigenvalue weighted by molar-refractivity contribution is 0.275. The summed E-state index contributed by atoms with van der Waals surface area (Å²) in [5, 5.41) is 4.24. The van der Waals surface area contributed by atoms with Crippen molar-refractivity contribution in [3.63, 3.8) is 0 Å². The maximum absolute atomic E-state index is 5.38. The van der Waals surface area contributed by atoms with Crippen LogP contribution in [0, 0.1) is 17.8 Å². The predicted octanol–water partition coefficient (Wildman–Crippen LogP) is 2.64. The molecule has 2 aliphatic carbocycles. The van der Waals surface area contributed by atoms with Gasteiger partial charge in [0.25, 0.3) is 0 Å². The zero-order valence-electron chi connectivity index (χ0n) is 10.5. The highest BCUT2D eigenvalue weighted by Crippen LogP contribution is 2.48. The molecule has 0 spiro atoms. The van der Waals surface area contributed by atoms with Gasteiger partial charge in [-0.15, -0.1) is 0 Å². The highest BCUT2D eigenvalue weighted by atomic mass is 32.1. The first-order valence-corrected chi connectivity index (χ1v) is 7.10. The van der Waals surface area contributed by atoms with E-state index in [2.05, 4.69) is 24.2 Å². The maximum Gasteiger partial charge on any atom is 0.168 e. The van der Waals surface area contributed by atoms with Gasteiger partial charge in [-0.2, -0.15) is 0 Å². The molecule has 0 heterocycles. The molecule has 92 valence electrons. The largest absolute Gasteiger partial charge is 0.363 e. The zero-order chi connectivity index (χ0) is 11.5. The van der Waals surface area contributed by atoms with Gasteiger partial charge in [0.1, 0.15) is 0 Å². The van der Waals surface area contributed by atoms with Gasteiger partial charge in [0.2, 0.25) is 0 Å². The molecule has 2 saturated carbocycles. The molecule has 0 aliphatic heterocycles. The molecule has 0 radical (unpaired) electrons. The van der Waals surface area contributed by atoms with Crippen molar-refractivity contribution in [2.45, 2.75) is 39.0 Å². The van der Waals surface area contributed by atoms with Crippen LogP contribution in [-0.4, -0.2) is 30.1 Å². The van der Waals surface area contributed by atoms with Crippen molar-refractivity contribution in [1.82, 2.24) is 10.2 Å². The second kappa shape index (κ2) is 5.35.